The Kier molecular flexibility index (Phi) is 9.45. The molecule has 178 valence electrons. The molecule has 2 heterocycles. The third-order valence-electron chi connectivity index (χ3n) is 4.78. The fraction of sp³-hybridized carbons (Fsp3) is 0.435. The third kappa shape index (κ3) is 7.05. The first-order valence-electron chi connectivity index (χ1n) is 10.6. The number of rotatable bonds is 5. The number of ether oxygens (including phenoxy) is 1. The van der Waals surface area contributed by atoms with E-state index in [-0.39, 0.29) is 30.0 Å². The van der Waals surface area contributed by atoms with Gasteiger partial charge in [0, 0.05) is 24.6 Å². The summed E-state index contributed by atoms with van der Waals surface area (Å²) in [5.41, 5.74) is -0.188. The van der Waals surface area contributed by atoms with Crippen molar-refractivity contribution in [2.45, 2.75) is 50.9 Å². The molecular formula is C23H27F2N3O4S. The predicted molar refractivity (Wildman–Crippen MR) is 121 cm³/mol. The lowest BCUT2D eigenvalue weighted by Crippen LogP contribution is -2.49. The van der Waals surface area contributed by atoms with Crippen LogP contribution in [0.5, 0.6) is 0 Å². The molecule has 1 fully saturated rings. The Hall–Kier alpha value is -2.88. The summed E-state index contributed by atoms with van der Waals surface area (Å²) in [6, 6.07) is 8.80. The predicted octanol–water partition coefficient (Wildman–Crippen LogP) is 4.89. The second-order valence-corrected chi connectivity index (χ2v) is 8.15. The van der Waals surface area contributed by atoms with Gasteiger partial charge in [0.2, 0.25) is 5.78 Å². The molecule has 0 spiro atoms. The van der Waals surface area contributed by atoms with Crippen molar-refractivity contribution >= 4 is 28.8 Å². The number of thioether (sulfide) groups is 1. The molecule has 3 rings (SSSR count). The number of piperidine rings is 1. The number of aromatic nitrogens is 2. The lowest BCUT2D eigenvalue weighted by atomic mass is 9.87. The third-order valence-corrected chi connectivity index (χ3v) is 5.72. The zero-order chi connectivity index (χ0) is 24.6. The van der Waals surface area contributed by atoms with Crippen LogP contribution in [0, 0.1) is 6.92 Å². The SMILES string of the molecule is CC.CC(=O)OCC(=O)c1cnc(C)nc1C1CCN(C(=O)Sc2ccccc2)CC1(F)F. The van der Waals surface area contributed by atoms with Crippen LogP contribution in [0.4, 0.5) is 13.6 Å². The van der Waals surface area contributed by atoms with Gasteiger partial charge in [0.1, 0.15) is 5.82 Å². The molecule has 7 nitrogen and oxygen atoms in total. The molecule has 1 unspecified atom stereocenters. The van der Waals surface area contributed by atoms with Gasteiger partial charge < -0.3 is 9.64 Å². The van der Waals surface area contributed by atoms with Crippen molar-refractivity contribution in [2.75, 3.05) is 19.7 Å². The summed E-state index contributed by atoms with van der Waals surface area (Å²) in [6.45, 7) is 5.42. The first kappa shape index (κ1) is 26.4. The van der Waals surface area contributed by atoms with Gasteiger partial charge >= 0.3 is 5.97 Å². The van der Waals surface area contributed by atoms with E-state index in [0.29, 0.717) is 4.90 Å². The molecule has 1 aliphatic heterocycles. The molecule has 2 aromatic rings. The van der Waals surface area contributed by atoms with Gasteiger partial charge in [-0.1, -0.05) is 32.0 Å². The van der Waals surface area contributed by atoms with Gasteiger partial charge in [-0.15, -0.1) is 0 Å². The molecule has 0 radical (unpaired) electrons. The summed E-state index contributed by atoms with van der Waals surface area (Å²) in [7, 11) is 0. The summed E-state index contributed by atoms with van der Waals surface area (Å²) in [5, 5.41) is -0.464. The van der Waals surface area contributed by atoms with Gasteiger partial charge in [0.15, 0.2) is 6.61 Å². The van der Waals surface area contributed by atoms with Crippen molar-refractivity contribution in [3.63, 3.8) is 0 Å². The molecule has 0 bridgehead atoms. The van der Waals surface area contributed by atoms with E-state index in [2.05, 4.69) is 9.97 Å². The van der Waals surface area contributed by atoms with Crippen molar-refractivity contribution in [3.8, 4) is 0 Å². The fourth-order valence-electron chi connectivity index (χ4n) is 3.30. The monoisotopic (exact) mass is 479 g/mol. The molecule has 0 aliphatic carbocycles. The van der Waals surface area contributed by atoms with Gasteiger partial charge in [-0.25, -0.2) is 18.7 Å². The lowest BCUT2D eigenvalue weighted by Gasteiger charge is -2.38. The second kappa shape index (κ2) is 11.8. The van der Waals surface area contributed by atoms with Crippen molar-refractivity contribution in [3.05, 3.63) is 53.6 Å². The molecule has 1 aromatic carbocycles. The first-order valence-corrected chi connectivity index (χ1v) is 11.4. The molecular weight excluding hydrogens is 452 g/mol. The number of nitrogens with zero attached hydrogens (tertiary/aromatic N) is 3. The Morgan fingerprint density at radius 1 is 1.21 bits per heavy atom. The highest BCUT2D eigenvalue weighted by Gasteiger charge is 2.48. The fourth-order valence-corrected chi connectivity index (χ4v) is 4.08. The molecule has 0 saturated carbocycles. The van der Waals surface area contributed by atoms with Gasteiger partial charge in [-0.3, -0.25) is 14.4 Å². The maximum Gasteiger partial charge on any atom is 0.303 e. The highest BCUT2D eigenvalue weighted by atomic mass is 32.2. The van der Waals surface area contributed by atoms with Gasteiger partial charge in [0.25, 0.3) is 11.2 Å². The van der Waals surface area contributed by atoms with Gasteiger partial charge in [-0.05, 0) is 37.2 Å². The van der Waals surface area contributed by atoms with Crippen LogP contribution in [0.25, 0.3) is 0 Å². The van der Waals surface area contributed by atoms with Crippen LogP contribution in [-0.4, -0.2) is 57.5 Å². The van der Waals surface area contributed by atoms with E-state index in [1.165, 1.54) is 13.1 Å². The number of Topliss-reactive ketones (excluding diaryl/α,β-unsaturated/α-hetero) is 1. The minimum Gasteiger partial charge on any atom is -0.457 e. The quantitative estimate of drug-likeness (QED) is 0.342. The van der Waals surface area contributed by atoms with Crippen LogP contribution in [0.3, 0.4) is 0 Å². The Balaban J connectivity index is 0.00000187. The second-order valence-electron chi connectivity index (χ2n) is 7.12. The molecule has 1 saturated heterocycles. The molecule has 1 amide bonds. The van der Waals surface area contributed by atoms with Crippen molar-refractivity contribution in [1.82, 2.24) is 14.9 Å². The van der Waals surface area contributed by atoms with E-state index in [1.807, 2.05) is 13.8 Å². The number of hydrogen-bond acceptors (Lipinski definition) is 7. The van der Waals surface area contributed by atoms with Crippen LogP contribution in [-0.2, 0) is 9.53 Å². The minimum absolute atomic E-state index is 0.0710. The molecule has 1 atom stereocenters. The number of aryl methyl sites for hydroxylation is 1. The molecule has 33 heavy (non-hydrogen) atoms. The van der Waals surface area contributed by atoms with Crippen LogP contribution in [0.2, 0.25) is 0 Å². The number of carbonyl (C=O) groups excluding carboxylic acids is 3. The van der Waals surface area contributed by atoms with Crippen LogP contribution >= 0.6 is 11.8 Å². The highest BCUT2D eigenvalue weighted by Crippen LogP contribution is 2.41. The zero-order valence-electron chi connectivity index (χ0n) is 19.0. The number of ketones is 1. The van der Waals surface area contributed by atoms with Gasteiger partial charge in [0.05, 0.1) is 23.7 Å². The number of esters is 1. The molecule has 1 aliphatic rings. The van der Waals surface area contributed by atoms with Crippen molar-refractivity contribution in [2.24, 2.45) is 0 Å². The Bertz CT molecular complexity index is 989. The number of likely N-dealkylation sites (tertiary alicyclic amines) is 1. The Labute approximate surface area is 195 Å². The maximum atomic E-state index is 15.1. The topological polar surface area (TPSA) is 89.5 Å². The number of carbonyl (C=O) groups is 3. The van der Waals surface area contributed by atoms with E-state index < -0.39 is 42.0 Å². The van der Waals surface area contributed by atoms with E-state index in [1.54, 1.807) is 30.3 Å². The molecule has 1 aromatic heterocycles. The number of alkyl halides is 2. The zero-order valence-corrected chi connectivity index (χ0v) is 19.8. The number of benzene rings is 1. The van der Waals surface area contributed by atoms with Crippen molar-refractivity contribution < 1.29 is 27.9 Å². The van der Waals surface area contributed by atoms with Crippen LogP contribution in [0.15, 0.2) is 41.4 Å². The lowest BCUT2D eigenvalue weighted by molar-refractivity contribution is -0.139. The minimum atomic E-state index is -3.30. The average molecular weight is 480 g/mol. The normalized spacial score (nSPS) is 16.9. The Morgan fingerprint density at radius 3 is 2.48 bits per heavy atom. The van der Waals surface area contributed by atoms with Crippen LogP contribution in [0.1, 0.15) is 55.0 Å². The summed E-state index contributed by atoms with van der Waals surface area (Å²) in [6.07, 6.45) is 1.11. The van der Waals surface area contributed by atoms with Gasteiger partial charge in [-0.2, -0.15) is 0 Å². The van der Waals surface area contributed by atoms with Crippen molar-refractivity contribution in [1.29, 1.82) is 0 Å². The Morgan fingerprint density at radius 2 is 1.88 bits per heavy atom. The summed E-state index contributed by atoms with van der Waals surface area (Å²) >= 11 is 0.893. The number of hydrogen-bond donors (Lipinski definition) is 0. The van der Waals surface area contributed by atoms with E-state index in [4.69, 9.17) is 4.74 Å². The summed E-state index contributed by atoms with van der Waals surface area (Å²) < 4.78 is 35.0. The molecule has 10 heteroatoms. The van der Waals surface area contributed by atoms with Crippen LogP contribution < -0.4 is 0 Å². The summed E-state index contributed by atoms with van der Waals surface area (Å²) in [4.78, 5) is 45.8. The standard InChI is InChI=1S/C21H21F2N3O4S.C2H6/c1-13-24-10-16(18(28)11-30-14(2)27)19(25-13)17-8-9-26(12-21(17,22)23)20(29)31-15-6-4-3-5-7-15;1-2/h3-7,10,17H,8-9,11-12H2,1-2H3;1-2H3. The smallest absolute Gasteiger partial charge is 0.303 e. The highest BCUT2D eigenvalue weighted by molar-refractivity contribution is 8.13. The largest absolute Gasteiger partial charge is 0.457 e. The first-order chi connectivity index (χ1) is 15.7. The maximum absolute atomic E-state index is 15.1. The number of amides is 1. The van der Waals surface area contributed by atoms with E-state index in [9.17, 15) is 14.4 Å². The average Bonchev–Trinajstić information content (AvgIpc) is 2.78. The number of halogens is 2. The summed E-state index contributed by atoms with van der Waals surface area (Å²) in [5.74, 6) is -5.73. The molecule has 0 N–H and O–H groups in total. The van der Waals surface area contributed by atoms with E-state index in [0.717, 1.165) is 23.6 Å². The van der Waals surface area contributed by atoms with E-state index >= 15 is 8.78 Å².